The van der Waals surface area contributed by atoms with E-state index in [9.17, 15) is 18.0 Å². The third kappa shape index (κ3) is 5.41. The molecule has 0 aromatic heterocycles. The van der Waals surface area contributed by atoms with Crippen molar-refractivity contribution in [2.24, 2.45) is 16.7 Å². The first-order chi connectivity index (χ1) is 14.2. The summed E-state index contributed by atoms with van der Waals surface area (Å²) in [5.74, 6) is 5.78. The van der Waals surface area contributed by atoms with Gasteiger partial charge in [0.2, 0.25) is 5.91 Å². The number of benzene rings is 2. The Morgan fingerprint density at radius 1 is 1.10 bits per heavy atom. The standard InChI is InChI=1S/C20H23F3N6O/c21-20(22,23)14-7-9-15(10-8-14)26-17-6-2-1-5-16(17)19(24)27-29(25)13-18(30)28-11-3-4-12-28/h1-2,5-10,26H,3-4,11-13,25H2,(H2,24,27). The smallest absolute Gasteiger partial charge is 0.382 e. The van der Waals surface area contributed by atoms with Crippen molar-refractivity contribution in [3.63, 3.8) is 0 Å². The Labute approximate surface area is 172 Å². The van der Waals surface area contributed by atoms with E-state index in [1.807, 2.05) is 0 Å². The van der Waals surface area contributed by atoms with Crippen LogP contribution in [0.25, 0.3) is 0 Å². The molecule has 1 saturated heterocycles. The molecule has 2 aromatic rings. The number of hydrogen-bond acceptors (Lipinski definition) is 5. The zero-order valence-corrected chi connectivity index (χ0v) is 16.2. The normalized spacial score (nSPS) is 14.7. The third-order valence-electron chi connectivity index (χ3n) is 4.69. The summed E-state index contributed by atoms with van der Waals surface area (Å²) in [6.07, 6.45) is -2.44. The van der Waals surface area contributed by atoms with Crippen molar-refractivity contribution in [1.82, 2.24) is 10.0 Å². The van der Waals surface area contributed by atoms with Crippen molar-refractivity contribution in [2.45, 2.75) is 19.0 Å². The second kappa shape index (κ2) is 9.04. The number of hydrogen-bond donors (Lipinski definition) is 3. The average molecular weight is 420 g/mol. The van der Waals surface area contributed by atoms with Gasteiger partial charge >= 0.3 is 6.18 Å². The molecule has 5 N–H and O–H groups in total. The van der Waals surface area contributed by atoms with E-state index < -0.39 is 11.7 Å². The number of rotatable bonds is 6. The van der Waals surface area contributed by atoms with Crippen molar-refractivity contribution in [2.75, 3.05) is 25.0 Å². The Morgan fingerprint density at radius 3 is 2.37 bits per heavy atom. The quantitative estimate of drug-likeness (QED) is 0.289. The number of hydrazine groups is 1. The van der Waals surface area contributed by atoms with Crippen LogP contribution in [-0.4, -0.2) is 41.4 Å². The summed E-state index contributed by atoms with van der Waals surface area (Å²) in [4.78, 5) is 13.9. The van der Waals surface area contributed by atoms with Crippen LogP contribution in [0.5, 0.6) is 0 Å². The number of carbonyl (C=O) groups excluding carboxylic acids is 1. The topological polar surface area (TPSA) is 100.0 Å². The molecule has 0 atom stereocenters. The lowest BCUT2D eigenvalue weighted by molar-refractivity contribution is -0.137. The molecule has 3 rings (SSSR count). The third-order valence-corrected chi connectivity index (χ3v) is 4.69. The highest BCUT2D eigenvalue weighted by Gasteiger charge is 2.30. The molecule has 0 spiro atoms. The van der Waals surface area contributed by atoms with E-state index in [1.54, 1.807) is 29.2 Å². The largest absolute Gasteiger partial charge is 0.416 e. The van der Waals surface area contributed by atoms with Gasteiger partial charge in [-0.05, 0) is 49.2 Å². The Kier molecular flexibility index (Phi) is 6.46. The van der Waals surface area contributed by atoms with Crippen molar-refractivity contribution in [1.29, 1.82) is 0 Å². The summed E-state index contributed by atoms with van der Waals surface area (Å²) in [6.45, 7) is 1.33. The summed E-state index contributed by atoms with van der Waals surface area (Å²) < 4.78 is 38.2. The van der Waals surface area contributed by atoms with E-state index >= 15 is 0 Å². The number of amides is 1. The second-order valence-corrected chi connectivity index (χ2v) is 6.92. The zero-order chi connectivity index (χ0) is 21.7. The average Bonchev–Trinajstić information content (AvgIpc) is 3.23. The van der Waals surface area contributed by atoms with E-state index in [0.717, 1.165) is 30.1 Å². The zero-order valence-electron chi connectivity index (χ0n) is 16.2. The lowest BCUT2D eigenvalue weighted by Crippen LogP contribution is -2.40. The number of nitrogens with one attached hydrogen (secondary N) is 1. The summed E-state index contributed by atoms with van der Waals surface area (Å²) >= 11 is 0. The van der Waals surface area contributed by atoms with Crippen LogP contribution in [0.2, 0.25) is 0 Å². The van der Waals surface area contributed by atoms with Gasteiger partial charge in [-0.2, -0.15) is 13.2 Å². The Balaban J connectivity index is 1.72. The Hall–Kier alpha value is -3.27. The predicted octanol–water partition coefficient (Wildman–Crippen LogP) is 2.87. The minimum Gasteiger partial charge on any atom is -0.382 e. The first-order valence-corrected chi connectivity index (χ1v) is 9.42. The number of carbonyl (C=O) groups is 1. The molecule has 160 valence electrons. The molecule has 2 aromatic carbocycles. The lowest BCUT2D eigenvalue weighted by Gasteiger charge is -2.19. The van der Waals surface area contributed by atoms with Gasteiger partial charge in [-0.15, -0.1) is 5.10 Å². The number of alkyl halides is 3. The minimum atomic E-state index is -4.40. The maximum absolute atomic E-state index is 12.7. The highest BCUT2D eigenvalue weighted by atomic mass is 19.4. The van der Waals surface area contributed by atoms with Gasteiger partial charge in [0, 0.05) is 30.0 Å². The molecule has 1 aliphatic heterocycles. The number of para-hydroxylation sites is 1. The molecule has 0 aliphatic carbocycles. The van der Waals surface area contributed by atoms with Crippen LogP contribution >= 0.6 is 0 Å². The molecule has 1 fully saturated rings. The molecule has 7 nitrogen and oxygen atoms in total. The fraction of sp³-hybridized carbons (Fsp3) is 0.300. The molecule has 1 aliphatic rings. The molecule has 0 unspecified atom stereocenters. The van der Waals surface area contributed by atoms with Crippen LogP contribution in [-0.2, 0) is 11.0 Å². The van der Waals surface area contributed by atoms with Crippen LogP contribution in [0.4, 0.5) is 24.5 Å². The van der Waals surface area contributed by atoms with Gasteiger partial charge in [0.25, 0.3) is 0 Å². The predicted molar refractivity (Wildman–Crippen MR) is 109 cm³/mol. The molecule has 0 saturated carbocycles. The second-order valence-electron chi connectivity index (χ2n) is 6.92. The maximum Gasteiger partial charge on any atom is 0.416 e. The number of amidine groups is 1. The lowest BCUT2D eigenvalue weighted by atomic mass is 10.1. The highest BCUT2D eigenvalue weighted by molar-refractivity contribution is 6.02. The van der Waals surface area contributed by atoms with E-state index in [2.05, 4.69) is 10.4 Å². The van der Waals surface area contributed by atoms with Crippen LogP contribution in [0.1, 0.15) is 24.0 Å². The fourth-order valence-electron chi connectivity index (χ4n) is 3.15. The van der Waals surface area contributed by atoms with Gasteiger partial charge in [-0.3, -0.25) is 4.79 Å². The minimum absolute atomic E-state index is 0.0710. The van der Waals surface area contributed by atoms with Crippen molar-refractivity contribution in [3.8, 4) is 0 Å². The van der Waals surface area contributed by atoms with E-state index in [4.69, 9.17) is 11.6 Å². The highest BCUT2D eigenvalue weighted by Crippen LogP contribution is 2.30. The number of anilines is 2. The van der Waals surface area contributed by atoms with Crippen molar-refractivity contribution in [3.05, 3.63) is 59.7 Å². The first-order valence-electron chi connectivity index (χ1n) is 9.42. The number of halogens is 3. The van der Waals surface area contributed by atoms with E-state index in [1.165, 1.54) is 12.1 Å². The first kappa shape index (κ1) is 21.4. The van der Waals surface area contributed by atoms with Crippen molar-refractivity contribution < 1.29 is 18.0 Å². The van der Waals surface area contributed by atoms with Crippen LogP contribution in [0.15, 0.2) is 53.6 Å². The van der Waals surface area contributed by atoms with Gasteiger partial charge in [-0.1, -0.05) is 12.1 Å². The van der Waals surface area contributed by atoms with Crippen LogP contribution in [0.3, 0.4) is 0 Å². The van der Waals surface area contributed by atoms with Crippen LogP contribution in [0, 0.1) is 0 Å². The van der Waals surface area contributed by atoms with Crippen LogP contribution < -0.4 is 16.9 Å². The summed E-state index contributed by atoms with van der Waals surface area (Å²) in [7, 11) is 0. The number of nitrogens with zero attached hydrogens (tertiary/aromatic N) is 3. The molecule has 0 bridgehead atoms. The summed E-state index contributed by atoms with van der Waals surface area (Å²) in [5, 5.41) is 8.10. The molecule has 1 amide bonds. The number of likely N-dealkylation sites (tertiary alicyclic amines) is 1. The van der Waals surface area contributed by atoms with E-state index in [-0.39, 0.29) is 18.3 Å². The molecule has 30 heavy (non-hydrogen) atoms. The van der Waals surface area contributed by atoms with Crippen molar-refractivity contribution >= 4 is 23.1 Å². The summed E-state index contributed by atoms with van der Waals surface area (Å²) in [5.41, 5.74) is 6.84. The fourth-order valence-corrected chi connectivity index (χ4v) is 3.15. The van der Waals surface area contributed by atoms with Gasteiger partial charge in [0.05, 0.1) is 5.56 Å². The Bertz CT molecular complexity index is 908. The molecule has 0 radical (unpaired) electrons. The molecular weight excluding hydrogens is 397 g/mol. The Morgan fingerprint density at radius 2 is 1.73 bits per heavy atom. The van der Waals surface area contributed by atoms with Gasteiger partial charge in [0.15, 0.2) is 5.84 Å². The summed E-state index contributed by atoms with van der Waals surface area (Å²) in [6, 6.07) is 11.6. The number of hydrazone groups is 1. The molecule has 10 heteroatoms. The molecule has 1 heterocycles. The monoisotopic (exact) mass is 420 g/mol. The van der Waals surface area contributed by atoms with Gasteiger partial charge in [-0.25, -0.2) is 11.0 Å². The van der Waals surface area contributed by atoms with E-state index in [0.29, 0.717) is 30.0 Å². The number of nitrogens with two attached hydrogens (primary N) is 2. The van der Waals surface area contributed by atoms with Gasteiger partial charge in [0.1, 0.15) is 6.54 Å². The SMILES string of the molecule is N/C(=N\N(N)CC(=O)N1CCCC1)c1ccccc1Nc1ccc(C(F)(F)F)cc1. The van der Waals surface area contributed by atoms with Gasteiger partial charge < -0.3 is 16.0 Å². The maximum atomic E-state index is 12.7. The molecular formula is C20H23F3N6O.